The summed E-state index contributed by atoms with van der Waals surface area (Å²) >= 11 is 0. The Bertz CT molecular complexity index is 776. The van der Waals surface area contributed by atoms with Crippen LogP contribution in [0, 0.1) is 36.5 Å². The smallest absolute Gasteiger partial charge is 0.0456 e. The first-order valence-corrected chi connectivity index (χ1v) is 13.0. The summed E-state index contributed by atoms with van der Waals surface area (Å²) in [5.41, 5.74) is 10.7. The fourth-order valence-corrected chi connectivity index (χ4v) is 8.52. The highest BCUT2D eigenvalue weighted by molar-refractivity contribution is 5.65. The molecule has 2 aliphatic rings. The van der Waals surface area contributed by atoms with Crippen LogP contribution in [0.3, 0.4) is 0 Å². The Morgan fingerprint density at radius 2 is 1.03 bits per heavy atom. The lowest BCUT2D eigenvalue weighted by Crippen LogP contribution is -2.47. The summed E-state index contributed by atoms with van der Waals surface area (Å²) in [6.07, 6.45) is 6.94. The number of rotatable bonds is 10. The van der Waals surface area contributed by atoms with Gasteiger partial charge in [0.05, 0.1) is 0 Å². The van der Waals surface area contributed by atoms with Crippen molar-refractivity contribution >= 4 is 0 Å². The normalized spacial score (nSPS) is 26.6. The van der Waals surface area contributed by atoms with Crippen LogP contribution in [0.15, 0.2) is 0 Å². The topological polar surface area (TPSA) is 40.5 Å². The fourth-order valence-electron chi connectivity index (χ4n) is 8.52. The zero-order valence-corrected chi connectivity index (χ0v) is 22.7. The van der Waals surface area contributed by atoms with Gasteiger partial charge in [-0.25, -0.2) is 0 Å². The average Bonchev–Trinajstić information content (AvgIpc) is 2.61. The van der Waals surface area contributed by atoms with Gasteiger partial charge in [0.15, 0.2) is 0 Å². The van der Waals surface area contributed by atoms with E-state index in [0.717, 1.165) is 12.8 Å². The van der Waals surface area contributed by atoms with Gasteiger partial charge < -0.3 is 10.2 Å². The second-order valence-electron chi connectivity index (χ2n) is 14.1. The maximum absolute atomic E-state index is 9.56. The Labute approximate surface area is 198 Å². The number of aliphatic hydroxyl groups is 2. The van der Waals surface area contributed by atoms with Crippen LogP contribution in [0.2, 0.25) is 0 Å². The van der Waals surface area contributed by atoms with Gasteiger partial charge in [0.1, 0.15) is 0 Å². The number of hydrogen-bond acceptors (Lipinski definition) is 2. The summed E-state index contributed by atoms with van der Waals surface area (Å²) in [7, 11) is 0. The first-order chi connectivity index (χ1) is 14.6. The van der Waals surface area contributed by atoms with Crippen molar-refractivity contribution in [3.05, 3.63) is 33.4 Å². The number of aliphatic hydroxyl groups excluding tert-OH is 2. The van der Waals surface area contributed by atoms with E-state index in [2.05, 4.69) is 69.2 Å². The van der Waals surface area contributed by atoms with Gasteiger partial charge in [0, 0.05) is 13.2 Å². The van der Waals surface area contributed by atoms with Gasteiger partial charge in [0.2, 0.25) is 0 Å². The van der Waals surface area contributed by atoms with E-state index < -0.39 is 0 Å². The first-order valence-electron chi connectivity index (χ1n) is 13.0. The van der Waals surface area contributed by atoms with E-state index in [1.54, 1.807) is 33.4 Å². The lowest BCUT2D eigenvalue weighted by atomic mass is 9.50. The van der Waals surface area contributed by atoms with Crippen LogP contribution in [-0.2, 0) is 23.7 Å². The second kappa shape index (κ2) is 8.42. The highest BCUT2D eigenvalue weighted by Crippen LogP contribution is 2.59. The SMILES string of the molecule is Cc1c2c(c(C)c3c1C(C)(CC(C)(C)CC(C)CO)C3)C(C)(CC(C)(C)CC(C)CO)C2. The van der Waals surface area contributed by atoms with E-state index in [1.807, 2.05) is 0 Å². The van der Waals surface area contributed by atoms with E-state index in [0.29, 0.717) is 11.8 Å². The molecule has 0 saturated carbocycles. The summed E-state index contributed by atoms with van der Waals surface area (Å²) in [5, 5.41) is 19.1. The van der Waals surface area contributed by atoms with Crippen LogP contribution in [0.4, 0.5) is 0 Å². The molecule has 2 nitrogen and oxygen atoms in total. The van der Waals surface area contributed by atoms with Crippen LogP contribution in [0.1, 0.15) is 114 Å². The number of benzene rings is 1. The van der Waals surface area contributed by atoms with Gasteiger partial charge in [-0.05, 0) is 119 Å². The quantitative estimate of drug-likeness (QED) is 0.418. The first kappa shape index (κ1) is 25.8. The molecule has 0 spiro atoms. The van der Waals surface area contributed by atoms with Gasteiger partial charge >= 0.3 is 0 Å². The lowest BCUT2D eigenvalue weighted by molar-refractivity contribution is 0.140. The summed E-state index contributed by atoms with van der Waals surface area (Å²) in [6.45, 7) is 24.2. The molecule has 2 heteroatoms. The molecule has 0 aliphatic heterocycles. The van der Waals surface area contributed by atoms with Crippen molar-refractivity contribution in [2.45, 2.75) is 119 Å². The molecule has 182 valence electrons. The summed E-state index contributed by atoms with van der Waals surface area (Å²) in [4.78, 5) is 0. The summed E-state index contributed by atoms with van der Waals surface area (Å²) < 4.78 is 0. The molecule has 3 rings (SSSR count). The van der Waals surface area contributed by atoms with E-state index >= 15 is 0 Å². The van der Waals surface area contributed by atoms with Crippen LogP contribution >= 0.6 is 0 Å². The average molecular weight is 443 g/mol. The maximum Gasteiger partial charge on any atom is 0.0456 e. The van der Waals surface area contributed by atoms with Crippen LogP contribution in [0.25, 0.3) is 0 Å². The Hall–Kier alpha value is -0.860. The van der Waals surface area contributed by atoms with Crippen molar-refractivity contribution in [2.24, 2.45) is 22.7 Å². The van der Waals surface area contributed by atoms with Gasteiger partial charge in [-0.2, -0.15) is 0 Å². The maximum atomic E-state index is 9.56. The third kappa shape index (κ3) is 4.56. The monoisotopic (exact) mass is 442 g/mol. The molecule has 2 N–H and O–H groups in total. The van der Waals surface area contributed by atoms with Crippen molar-refractivity contribution < 1.29 is 10.2 Å². The molecule has 0 heterocycles. The molecule has 0 saturated heterocycles. The molecule has 0 radical (unpaired) electrons. The zero-order chi connectivity index (χ0) is 24.3. The fraction of sp³-hybridized carbons (Fsp3) is 0.800. The van der Waals surface area contributed by atoms with E-state index in [-0.39, 0.29) is 34.9 Å². The Morgan fingerprint density at radius 3 is 1.31 bits per heavy atom. The minimum Gasteiger partial charge on any atom is -0.396 e. The van der Waals surface area contributed by atoms with Crippen molar-refractivity contribution in [1.82, 2.24) is 0 Å². The van der Waals surface area contributed by atoms with Crippen LogP contribution in [0.5, 0.6) is 0 Å². The van der Waals surface area contributed by atoms with Gasteiger partial charge in [-0.1, -0.05) is 55.4 Å². The predicted octanol–water partition coefficient (Wildman–Crippen LogP) is 6.80. The number of hydrogen-bond donors (Lipinski definition) is 2. The molecule has 32 heavy (non-hydrogen) atoms. The number of fused-ring (bicyclic) bond motifs is 2. The highest BCUT2D eigenvalue weighted by Gasteiger charge is 2.51. The van der Waals surface area contributed by atoms with Crippen molar-refractivity contribution in [3.8, 4) is 0 Å². The van der Waals surface area contributed by atoms with Crippen molar-refractivity contribution in [3.63, 3.8) is 0 Å². The molecule has 2 aliphatic carbocycles. The molecule has 0 aromatic heterocycles. The largest absolute Gasteiger partial charge is 0.396 e. The molecule has 0 amide bonds. The Balaban J connectivity index is 1.87. The molecule has 4 unspecified atom stereocenters. The van der Waals surface area contributed by atoms with Crippen molar-refractivity contribution in [2.75, 3.05) is 13.2 Å². The van der Waals surface area contributed by atoms with Gasteiger partial charge in [-0.15, -0.1) is 0 Å². The highest BCUT2D eigenvalue weighted by atomic mass is 16.3. The van der Waals surface area contributed by atoms with E-state index in [1.165, 1.54) is 25.7 Å². The molecule has 1 aromatic rings. The third-order valence-corrected chi connectivity index (χ3v) is 8.76. The summed E-state index contributed by atoms with van der Waals surface area (Å²) in [6, 6.07) is 0. The Kier molecular flexibility index (Phi) is 6.78. The molecule has 4 atom stereocenters. The second-order valence-corrected chi connectivity index (χ2v) is 14.1. The molecular weight excluding hydrogens is 392 g/mol. The molecule has 1 aromatic carbocycles. The van der Waals surface area contributed by atoms with Gasteiger partial charge in [0.25, 0.3) is 0 Å². The van der Waals surface area contributed by atoms with Crippen LogP contribution < -0.4 is 0 Å². The van der Waals surface area contributed by atoms with E-state index in [4.69, 9.17) is 0 Å². The minimum absolute atomic E-state index is 0.236. The van der Waals surface area contributed by atoms with Crippen LogP contribution in [-0.4, -0.2) is 23.4 Å². The molecule has 0 fully saturated rings. The minimum atomic E-state index is 0.236. The lowest BCUT2D eigenvalue weighted by Gasteiger charge is -2.54. The molecule has 0 bridgehead atoms. The third-order valence-electron chi connectivity index (χ3n) is 8.76. The standard InChI is InChI=1S/C30H50O2/c1-19(15-31)11-27(5,6)17-29(9)13-23-22(4)26-24(21(3)25(23)29)14-30(26,10)18-28(7,8)12-20(2)16-32/h19-20,31-32H,11-18H2,1-10H3. The van der Waals surface area contributed by atoms with E-state index in [9.17, 15) is 10.2 Å². The zero-order valence-electron chi connectivity index (χ0n) is 22.7. The predicted molar refractivity (Wildman–Crippen MR) is 137 cm³/mol. The molecular formula is C30H50O2. The van der Waals surface area contributed by atoms with Crippen molar-refractivity contribution in [1.29, 1.82) is 0 Å². The summed E-state index contributed by atoms with van der Waals surface area (Å²) in [5.74, 6) is 0.732. The Morgan fingerprint density at radius 1 is 0.719 bits per heavy atom. The van der Waals surface area contributed by atoms with Gasteiger partial charge in [-0.3, -0.25) is 0 Å².